The van der Waals surface area contributed by atoms with Gasteiger partial charge in [-0.2, -0.15) is 5.10 Å². The first kappa shape index (κ1) is 14.7. The molecular formula is C14H18N4O3. The van der Waals surface area contributed by atoms with Crippen LogP contribution in [0.25, 0.3) is 0 Å². The maximum absolute atomic E-state index is 11.8. The second-order valence-corrected chi connectivity index (χ2v) is 4.61. The van der Waals surface area contributed by atoms with Gasteiger partial charge in [-0.3, -0.25) is 10.00 Å². The predicted molar refractivity (Wildman–Crippen MR) is 78.5 cm³/mol. The number of benzene rings is 1. The Balaban J connectivity index is 1.93. The maximum atomic E-state index is 11.8. The third kappa shape index (κ3) is 3.65. The number of amides is 2. The maximum Gasteiger partial charge on any atom is 0.320 e. The van der Waals surface area contributed by atoms with E-state index in [9.17, 15) is 9.90 Å². The van der Waals surface area contributed by atoms with Crippen molar-refractivity contribution in [2.24, 2.45) is 7.05 Å². The Bertz CT molecular complexity index is 652. The molecule has 0 radical (unpaired) electrons. The first-order valence-corrected chi connectivity index (χ1v) is 6.41. The number of ether oxygens (including phenoxy) is 1. The zero-order valence-corrected chi connectivity index (χ0v) is 12.2. The summed E-state index contributed by atoms with van der Waals surface area (Å²) in [5, 5.41) is 19.1. The lowest BCUT2D eigenvalue weighted by Gasteiger charge is -2.09. The lowest BCUT2D eigenvalue weighted by molar-refractivity contribution is 0.251. The predicted octanol–water partition coefficient (Wildman–Crippen LogP) is 1.76. The lowest BCUT2D eigenvalue weighted by Crippen LogP contribution is -2.29. The van der Waals surface area contributed by atoms with Gasteiger partial charge in [-0.15, -0.1) is 0 Å². The molecule has 1 aromatic heterocycles. The second-order valence-electron chi connectivity index (χ2n) is 4.61. The van der Waals surface area contributed by atoms with Gasteiger partial charge in [0, 0.05) is 19.7 Å². The molecule has 0 aliphatic rings. The standard InChI is InChI=1S/C14H18N4O3/c1-9-6-13(18(2)17-9)16-14(20)15-8-10-4-5-11(19)12(7-10)21-3/h4-7,19H,8H2,1-3H3,(H2,15,16,20). The fourth-order valence-corrected chi connectivity index (χ4v) is 1.90. The van der Waals surface area contributed by atoms with Crippen LogP contribution >= 0.6 is 0 Å². The number of carbonyl (C=O) groups is 1. The highest BCUT2D eigenvalue weighted by atomic mass is 16.5. The third-order valence-corrected chi connectivity index (χ3v) is 2.94. The summed E-state index contributed by atoms with van der Waals surface area (Å²) in [5.41, 5.74) is 1.65. The number of methoxy groups -OCH3 is 1. The number of aromatic hydroxyl groups is 1. The van der Waals surface area contributed by atoms with Gasteiger partial charge < -0.3 is 15.2 Å². The van der Waals surface area contributed by atoms with E-state index in [-0.39, 0.29) is 11.8 Å². The van der Waals surface area contributed by atoms with Gasteiger partial charge in [0.25, 0.3) is 0 Å². The molecule has 0 saturated carbocycles. The number of aryl methyl sites for hydroxylation is 2. The number of carbonyl (C=O) groups excluding carboxylic acids is 1. The summed E-state index contributed by atoms with van der Waals surface area (Å²) in [4.78, 5) is 11.8. The van der Waals surface area contributed by atoms with Crippen LogP contribution in [-0.2, 0) is 13.6 Å². The van der Waals surface area contributed by atoms with Crippen molar-refractivity contribution in [3.05, 3.63) is 35.5 Å². The van der Waals surface area contributed by atoms with Crippen molar-refractivity contribution < 1.29 is 14.6 Å². The summed E-state index contributed by atoms with van der Waals surface area (Å²) in [6, 6.07) is 6.36. The van der Waals surface area contributed by atoms with Gasteiger partial charge in [0.05, 0.1) is 12.8 Å². The van der Waals surface area contributed by atoms with Crippen LogP contribution in [0.2, 0.25) is 0 Å². The van der Waals surface area contributed by atoms with E-state index in [2.05, 4.69) is 15.7 Å². The van der Waals surface area contributed by atoms with Crippen LogP contribution in [0.15, 0.2) is 24.3 Å². The van der Waals surface area contributed by atoms with Crippen LogP contribution in [0, 0.1) is 6.92 Å². The number of aromatic nitrogens is 2. The molecule has 21 heavy (non-hydrogen) atoms. The van der Waals surface area contributed by atoms with Crippen LogP contribution < -0.4 is 15.4 Å². The molecule has 2 amide bonds. The molecule has 0 aliphatic heterocycles. The van der Waals surface area contributed by atoms with E-state index in [0.717, 1.165) is 11.3 Å². The van der Waals surface area contributed by atoms with Gasteiger partial charge in [-0.1, -0.05) is 6.07 Å². The van der Waals surface area contributed by atoms with Crippen LogP contribution in [0.1, 0.15) is 11.3 Å². The highest BCUT2D eigenvalue weighted by Crippen LogP contribution is 2.26. The summed E-state index contributed by atoms with van der Waals surface area (Å²) in [7, 11) is 3.23. The monoisotopic (exact) mass is 290 g/mol. The Labute approximate surface area is 122 Å². The first-order chi connectivity index (χ1) is 9.99. The topological polar surface area (TPSA) is 88.4 Å². The van der Waals surface area contributed by atoms with Gasteiger partial charge in [0.15, 0.2) is 11.5 Å². The summed E-state index contributed by atoms with van der Waals surface area (Å²) in [6.07, 6.45) is 0. The summed E-state index contributed by atoms with van der Waals surface area (Å²) in [5.74, 6) is 1.06. The summed E-state index contributed by atoms with van der Waals surface area (Å²) >= 11 is 0. The van der Waals surface area contributed by atoms with Crippen molar-refractivity contribution in [3.63, 3.8) is 0 Å². The molecule has 0 atom stereocenters. The van der Waals surface area contributed by atoms with E-state index in [1.807, 2.05) is 6.92 Å². The molecule has 2 aromatic rings. The molecule has 0 saturated heterocycles. The fourth-order valence-electron chi connectivity index (χ4n) is 1.90. The highest BCUT2D eigenvalue weighted by molar-refractivity contribution is 5.88. The Morgan fingerprint density at radius 2 is 2.19 bits per heavy atom. The zero-order valence-electron chi connectivity index (χ0n) is 12.2. The van der Waals surface area contributed by atoms with Gasteiger partial charge in [0.1, 0.15) is 5.82 Å². The largest absolute Gasteiger partial charge is 0.504 e. The number of hydrogen-bond donors (Lipinski definition) is 3. The molecule has 1 aromatic carbocycles. The van der Waals surface area contributed by atoms with E-state index in [1.165, 1.54) is 13.2 Å². The van der Waals surface area contributed by atoms with Crippen LogP contribution in [0.5, 0.6) is 11.5 Å². The zero-order chi connectivity index (χ0) is 15.4. The van der Waals surface area contributed by atoms with Crippen molar-refractivity contribution in [1.82, 2.24) is 15.1 Å². The van der Waals surface area contributed by atoms with Crippen LogP contribution in [0.3, 0.4) is 0 Å². The molecule has 112 valence electrons. The van der Waals surface area contributed by atoms with Gasteiger partial charge in [0.2, 0.25) is 0 Å². The van der Waals surface area contributed by atoms with E-state index >= 15 is 0 Å². The summed E-state index contributed by atoms with van der Waals surface area (Å²) < 4.78 is 6.61. The molecule has 7 nitrogen and oxygen atoms in total. The highest BCUT2D eigenvalue weighted by Gasteiger charge is 2.07. The van der Waals surface area contributed by atoms with E-state index < -0.39 is 0 Å². The molecular weight excluding hydrogens is 272 g/mol. The van der Waals surface area contributed by atoms with Crippen molar-refractivity contribution in [2.75, 3.05) is 12.4 Å². The number of hydrogen-bond acceptors (Lipinski definition) is 4. The molecule has 3 N–H and O–H groups in total. The number of rotatable bonds is 4. The smallest absolute Gasteiger partial charge is 0.320 e. The molecule has 1 heterocycles. The molecule has 0 bridgehead atoms. The van der Waals surface area contributed by atoms with Gasteiger partial charge in [-0.05, 0) is 24.6 Å². The SMILES string of the molecule is COc1cc(CNC(=O)Nc2cc(C)nn2C)ccc1O. The van der Waals surface area contributed by atoms with Crippen molar-refractivity contribution >= 4 is 11.8 Å². The number of nitrogens with zero attached hydrogens (tertiary/aromatic N) is 2. The van der Waals surface area contributed by atoms with Crippen LogP contribution in [0.4, 0.5) is 10.6 Å². The number of phenols is 1. The Morgan fingerprint density at radius 1 is 1.43 bits per heavy atom. The minimum atomic E-state index is -0.329. The second kappa shape index (κ2) is 6.17. The van der Waals surface area contributed by atoms with Crippen LogP contribution in [-0.4, -0.2) is 28.0 Å². The molecule has 0 fully saturated rings. The lowest BCUT2D eigenvalue weighted by atomic mass is 10.2. The average Bonchev–Trinajstić information content (AvgIpc) is 2.76. The Kier molecular flexibility index (Phi) is 4.32. The van der Waals surface area contributed by atoms with Gasteiger partial charge >= 0.3 is 6.03 Å². The van der Waals surface area contributed by atoms with Crippen molar-refractivity contribution in [1.29, 1.82) is 0 Å². The molecule has 0 spiro atoms. The number of anilines is 1. The quantitative estimate of drug-likeness (QED) is 0.800. The number of phenolic OH excluding ortho intramolecular Hbond substituents is 1. The minimum absolute atomic E-state index is 0.0658. The first-order valence-electron chi connectivity index (χ1n) is 6.41. The summed E-state index contributed by atoms with van der Waals surface area (Å²) in [6.45, 7) is 2.17. The Hall–Kier alpha value is -2.70. The Morgan fingerprint density at radius 3 is 2.81 bits per heavy atom. The van der Waals surface area contributed by atoms with E-state index in [0.29, 0.717) is 18.1 Å². The van der Waals surface area contributed by atoms with Crippen molar-refractivity contribution in [2.45, 2.75) is 13.5 Å². The fraction of sp³-hybridized carbons (Fsp3) is 0.286. The number of urea groups is 1. The molecule has 2 rings (SSSR count). The van der Waals surface area contributed by atoms with E-state index in [1.54, 1.807) is 29.9 Å². The number of nitrogens with one attached hydrogen (secondary N) is 2. The van der Waals surface area contributed by atoms with E-state index in [4.69, 9.17) is 4.74 Å². The van der Waals surface area contributed by atoms with Gasteiger partial charge in [-0.25, -0.2) is 4.79 Å². The third-order valence-electron chi connectivity index (χ3n) is 2.94. The average molecular weight is 290 g/mol. The minimum Gasteiger partial charge on any atom is -0.504 e. The molecule has 7 heteroatoms. The normalized spacial score (nSPS) is 10.2. The molecule has 0 aliphatic carbocycles. The molecule has 0 unspecified atom stereocenters. The van der Waals surface area contributed by atoms with Crippen molar-refractivity contribution in [3.8, 4) is 11.5 Å².